The molecule has 1 aromatic heterocycles. The lowest BCUT2D eigenvalue weighted by atomic mass is 10.4. The van der Waals surface area contributed by atoms with E-state index in [2.05, 4.69) is 17.2 Å². The quantitative estimate of drug-likeness (QED) is 0.550. The van der Waals surface area contributed by atoms with E-state index in [4.69, 9.17) is 0 Å². The lowest BCUT2D eigenvalue weighted by Crippen LogP contribution is -1.82. The first-order valence-electron chi connectivity index (χ1n) is 2.55. The minimum absolute atomic E-state index is 0.270. The van der Waals surface area contributed by atoms with Crippen LogP contribution in [0.5, 0.6) is 0 Å². The van der Waals surface area contributed by atoms with Crippen LogP contribution in [0.1, 0.15) is 5.69 Å². The van der Waals surface area contributed by atoms with Crippen LogP contribution in [0.25, 0.3) is 0 Å². The highest BCUT2D eigenvalue weighted by Gasteiger charge is 1.89. The largest absolute Gasteiger partial charge is 0.363 e. The van der Waals surface area contributed by atoms with Gasteiger partial charge in [0.2, 0.25) is 0 Å². The average Bonchev–Trinajstić information content (AvgIpc) is 1.80. The molecule has 3 heteroatoms. The lowest BCUT2D eigenvalue weighted by Gasteiger charge is -1.90. The third-order valence-corrected chi connectivity index (χ3v) is 1.32. The van der Waals surface area contributed by atoms with Gasteiger partial charge in [0.05, 0.1) is 4.51 Å². The maximum atomic E-state index is 12.4. The van der Waals surface area contributed by atoms with E-state index in [1.165, 1.54) is 6.20 Å². The van der Waals surface area contributed by atoms with Crippen molar-refractivity contribution in [1.29, 1.82) is 0 Å². The Labute approximate surface area is 57.5 Å². The third kappa shape index (κ3) is 1.36. The molecular weight excluding hydrogens is 137 g/mol. The van der Waals surface area contributed by atoms with Gasteiger partial charge < -0.3 is 4.98 Å². The highest BCUT2D eigenvalue weighted by molar-refractivity contribution is 7.71. The average molecular weight is 143 g/mol. The standard InChI is InChI=1S/C6H6FNS/c1-4-2-6(9)5(7)3-8-4/h2-3H,1H3,(H,8,9). The molecular formula is C6H6FNS. The molecule has 48 valence electrons. The fraction of sp³-hybridized carbons (Fsp3) is 0.167. The van der Waals surface area contributed by atoms with Gasteiger partial charge in [0, 0.05) is 11.9 Å². The molecule has 1 rings (SSSR count). The van der Waals surface area contributed by atoms with Crippen molar-refractivity contribution in [3.05, 3.63) is 28.3 Å². The summed E-state index contributed by atoms with van der Waals surface area (Å²) in [6.07, 6.45) is 1.26. The summed E-state index contributed by atoms with van der Waals surface area (Å²) in [5.41, 5.74) is 0.876. The van der Waals surface area contributed by atoms with Gasteiger partial charge in [-0.05, 0) is 13.0 Å². The van der Waals surface area contributed by atoms with Crippen molar-refractivity contribution >= 4 is 12.2 Å². The number of H-pyrrole nitrogens is 1. The molecule has 1 nitrogen and oxygen atoms in total. The van der Waals surface area contributed by atoms with Crippen LogP contribution in [-0.2, 0) is 0 Å². The highest BCUT2D eigenvalue weighted by atomic mass is 32.1. The summed E-state index contributed by atoms with van der Waals surface area (Å²) in [6, 6.07) is 1.59. The van der Waals surface area contributed by atoms with Gasteiger partial charge in [-0.1, -0.05) is 12.2 Å². The van der Waals surface area contributed by atoms with Gasteiger partial charge in [0.15, 0.2) is 5.82 Å². The van der Waals surface area contributed by atoms with Crippen LogP contribution in [0.2, 0.25) is 0 Å². The van der Waals surface area contributed by atoms with E-state index in [-0.39, 0.29) is 10.3 Å². The first-order chi connectivity index (χ1) is 4.20. The van der Waals surface area contributed by atoms with E-state index >= 15 is 0 Å². The lowest BCUT2D eigenvalue weighted by molar-refractivity contribution is 0.616. The number of aromatic amines is 1. The van der Waals surface area contributed by atoms with Crippen LogP contribution in [0.15, 0.2) is 12.3 Å². The molecule has 0 amide bonds. The van der Waals surface area contributed by atoms with E-state index in [9.17, 15) is 4.39 Å². The number of hydrogen-bond acceptors (Lipinski definition) is 1. The normalized spacial score (nSPS) is 9.56. The fourth-order valence-electron chi connectivity index (χ4n) is 0.556. The second kappa shape index (κ2) is 2.27. The van der Waals surface area contributed by atoms with Gasteiger partial charge in [0.1, 0.15) is 0 Å². The predicted molar refractivity (Wildman–Crippen MR) is 36.3 cm³/mol. The van der Waals surface area contributed by atoms with E-state index in [0.717, 1.165) is 5.69 Å². The van der Waals surface area contributed by atoms with Crippen LogP contribution >= 0.6 is 12.2 Å². The van der Waals surface area contributed by atoms with E-state index in [0.29, 0.717) is 0 Å². The molecule has 1 aromatic rings. The maximum absolute atomic E-state index is 12.4. The van der Waals surface area contributed by atoms with Crippen molar-refractivity contribution in [1.82, 2.24) is 4.98 Å². The van der Waals surface area contributed by atoms with Crippen LogP contribution in [0, 0.1) is 17.3 Å². The molecule has 0 atom stereocenters. The van der Waals surface area contributed by atoms with Gasteiger partial charge in [-0.15, -0.1) is 0 Å². The zero-order valence-electron chi connectivity index (χ0n) is 4.94. The molecule has 1 heterocycles. The summed E-state index contributed by atoms with van der Waals surface area (Å²) < 4.78 is 12.6. The molecule has 9 heavy (non-hydrogen) atoms. The third-order valence-electron chi connectivity index (χ3n) is 1.01. The molecule has 0 aliphatic heterocycles. The molecule has 0 aliphatic carbocycles. The van der Waals surface area contributed by atoms with Gasteiger partial charge in [-0.25, -0.2) is 4.39 Å². The number of pyridine rings is 1. The Morgan fingerprint density at radius 1 is 1.67 bits per heavy atom. The summed E-state index contributed by atoms with van der Waals surface area (Å²) in [4.78, 5) is 2.70. The summed E-state index contributed by atoms with van der Waals surface area (Å²) >= 11 is 4.65. The Kier molecular flexibility index (Phi) is 1.62. The van der Waals surface area contributed by atoms with Crippen molar-refractivity contribution < 1.29 is 4.39 Å². The zero-order valence-corrected chi connectivity index (χ0v) is 5.76. The first kappa shape index (κ1) is 6.42. The fourth-order valence-corrected chi connectivity index (χ4v) is 0.791. The molecule has 0 saturated heterocycles. The second-order valence-electron chi connectivity index (χ2n) is 1.83. The van der Waals surface area contributed by atoms with Gasteiger partial charge >= 0.3 is 0 Å². The number of rotatable bonds is 0. The minimum Gasteiger partial charge on any atom is -0.363 e. The second-order valence-corrected chi connectivity index (χ2v) is 2.27. The first-order valence-corrected chi connectivity index (χ1v) is 2.96. The van der Waals surface area contributed by atoms with E-state index in [1.807, 2.05) is 6.92 Å². The predicted octanol–water partition coefficient (Wildman–Crippen LogP) is 2.19. The molecule has 0 unspecified atom stereocenters. The monoisotopic (exact) mass is 143 g/mol. The van der Waals surface area contributed by atoms with Crippen molar-refractivity contribution in [2.45, 2.75) is 6.92 Å². The van der Waals surface area contributed by atoms with Crippen molar-refractivity contribution in [2.24, 2.45) is 0 Å². The molecule has 0 fully saturated rings. The molecule has 0 aromatic carbocycles. The number of halogens is 1. The number of nitrogens with one attached hydrogen (secondary N) is 1. The summed E-state index contributed by atoms with van der Waals surface area (Å²) in [7, 11) is 0. The smallest absolute Gasteiger partial charge is 0.157 e. The van der Waals surface area contributed by atoms with Crippen molar-refractivity contribution in [2.75, 3.05) is 0 Å². The Hall–Kier alpha value is -0.700. The van der Waals surface area contributed by atoms with Crippen LogP contribution in [0.4, 0.5) is 4.39 Å². The SMILES string of the molecule is Cc1cc(=S)c(F)c[nH]1. The van der Waals surface area contributed by atoms with Gasteiger partial charge in [-0.2, -0.15) is 0 Å². The maximum Gasteiger partial charge on any atom is 0.157 e. The summed E-state index contributed by atoms with van der Waals surface area (Å²) in [5, 5.41) is 0. The van der Waals surface area contributed by atoms with Crippen molar-refractivity contribution in [3.8, 4) is 0 Å². The summed E-state index contributed by atoms with van der Waals surface area (Å²) in [6.45, 7) is 1.83. The molecule has 0 aliphatic rings. The molecule has 0 saturated carbocycles. The van der Waals surface area contributed by atoms with Crippen LogP contribution in [0.3, 0.4) is 0 Å². The highest BCUT2D eigenvalue weighted by Crippen LogP contribution is 1.99. The van der Waals surface area contributed by atoms with Crippen LogP contribution < -0.4 is 0 Å². The minimum atomic E-state index is -0.365. The number of aryl methyl sites for hydroxylation is 1. The van der Waals surface area contributed by atoms with E-state index < -0.39 is 0 Å². The molecule has 0 bridgehead atoms. The number of aromatic nitrogens is 1. The Morgan fingerprint density at radius 3 is 2.78 bits per heavy atom. The Balaban J connectivity index is 3.34. The number of hydrogen-bond donors (Lipinski definition) is 1. The molecule has 0 radical (unpaired) electrons. The topological polar surface area (TPSA) is 15.8 Å². The van der Waals surface area contributed by atoms with Gasteiger partial charge in [0.25, 0.3) is 0 Å². The Bertz CT molecular complexity index is 266. The zero-order chi connectivity index (χ0) is 6.85. The summed E-state index contributed by atoms with van der Waals surface area (Å²) in [5.74, 6) is -0.365. The van der Waals surface area contributed by atoms with E-state index in [1.54, 1.807) is 6.07 Å². The van der Waals surface area contributed by atoms with Crippen molar-refractivity contribution in [3.63, 3.8) is 0 Å². The molecule has 0 spiro atoms. The van der Waals surface area contributed by atoms with Crippen LogP contribution in [-0.4, -0.2) is 4.98 Å². The molecule has 1 N–H and O–H groups in total. The Morgan fingerprint density at radius 2 is 2.33 bits per heavy atom. The van der Waals surface area contributed by atoms with Gasteiger partial charge in [-0.3, -0.25) is 0 Å².